The van der Waals surface area contributed by atoms with Crippen molar-refractivity contribution in [1.29, 1.82) is 0 Å². The average molecular weight is 444 g/mol. The van der Waals surface area contributed by atoms with E-state index in [1.807, 2.05) is 19.6 Å². The predicted molar refractivity (Wildman–Crippen MR) is 103 cm³/mol. The highest BCUT2D eigenvalue weighted by molar-refractivity contribution is 6.77. The van der Waals surface area contributed by atoms with Crippen LogP contribution in [0.2, 0.25) is 19.6 Å². The number of para-hydroxylation sites is 1. The average Bonchev–Trinajstić information content (AvgIpc) is 2.63. The fourth-order valence-electron chi connectivity index (χ4n) is 3.03. The molecule has 0 bridgehead atoms. The van der Waals surface area contributed by atoms with Gasteiger partial charge in [-0.3, -0.25) is 4.98 Å². The summed E-state index contributed by atoms with van der Waals surface area (Å²) in [6.45, 7) is 5.80. The van der Waals surface area contributed by atoms with Crippen molar-refractivity contribution >= 4 is 19.0 Å². The Labute approximate surface area is 169 Å². The lowest BCUT2D eigenvalue weighted by atomic mass is 10.1. The SMILES string of the molecule is C[Si](C)(C)C(Oc1cc(C(F)(F)F)nc2c(C(F)(F)F)cccc12)c1ccccn1. The van der Waals surface area contributed by atoms with Gasteiger partial charge in [-0.05, 0) is 24.3 Å². The van der Waals surface area contributed by atoms with Gasteiger partial charge < -0.3 is 4.74 Å². The summed E-state index contributed by atoms with van der Waals surface area (Å²) in [5.74, 6) is -0.309. The molecule has 1 aromatic carbocycles. The Bertz CT molecular complexity index is 1050. The van der Waals surface area contributed by atoms with Crippen LogP contribution in [0, 0.1) is 0 Å². The molecule has 0 aliphatic heterocycles. The van der Waals surface area contributed by atoms with Gasteiger partial charge in [0.2, 0.25) is 0 Å². The summed E-state index contributed by atoms with van der Waals surface area (Å²) in [5, 5.41) is -0.142. The van der Waals surface area contributed by atoms with Crippen LogP contribution in [0.1, 0.15) is 22.7 Å². The number of hydrogen-bond acceptors (Lipinski definition) is 3. The second-order valence-corrected chi connectivity index (χ2v) is 13.1. The Morgan fingerprint density at radius 1 is 0.900 bits per heavy atom. The second-order valence-electron chi connectivity index (χ2n) is 7.82. The van der Waals surface area contributed by atoms with Crippen LogP contribution < -0.4 is 4.74 Å². The monoisotopic (exact) mass is 444 g/mol. The third-order valence-corrected chi connectivity index (χ3v) is 6.37. The third kappa shape index (κ3) is 4.58. The molecule has 0 amide bonds. The van der Waals surface area contributed by atoms with E-state index in [0.29, 0.717) is 17.8 Å². The van der Waals surface area contributed by atoms with Crippen molar-refractivity contribution in [3.8, 4) is 5.75 Å². The lowest BCUT2D eigenvalue weighted by molar-refractivity contribution is -0.142. The summed E-state index contributed by atoms with van der Waals surface area (Å²) < 4.78 is 86.5. The first-order valence-corrected chi connectivity index (χ1v) is 12.5. The Morgan fingerprint density at radius 3 is 2.13 bits per heavy atom. The van der Waals surface area contributed by atoms with Gasteiger partial charge in [0.15, 0.2) is 0 Å². The van der Waals surface area contributed by atoms with Gasteiger partial charge >= 0.3 is 12.4 Å². The Hall–Kier alpha value is -2.62. The summed E-state index contributed by atoms with van der Waals surface area (Å²) >= 11 is 0. The third-order valence-electron chi connectivity index (χ3n) is 4.39. The second kappa shape index (κ2) is 7.57. The van der Waals surface area contributed by atoms with Crippen LogP contribution in [0.3, 0.4) is 0 Å². The quantitative estimate of drug-likeness (QED) is 0.333. The van der Waals surface area contributed by atoms with E-state index in [2.05, 4.69) is 9.97 Å². The molecule has 0 spiro atoms. The van der Waals surface area contributed by atoms with E-state index in [1.54, 1.807) is 18.2 Å². The van der Waals surface area contributed by atoms with Crippen molar-refractivity contribution in [2.24, 2.45) is 0 Å². The lowest BCUT2D eigenvalue weighted by Gasteiger charge is -2.30. The number of nitrogens with zero attached hydrogens (tertiary/aromatic N) is 2. The summed E-state index contributed by atoms with van der Waals surface area (Å²) in [7, 11) is -2.22. The number of pyridine rings is 2. The Kier molecular flexibility index (Phi) is 5.57. The van der Waals surface area contributed by atoms with E-state index in [-0.39, 0.29) is 11.1 Å². The van der Waals surface area contributed by atoms with Gasteiger partial charge in [-0.25, -0.2) is 4.98 Å². The zero-order valence-electron chi connectivity index (χ0n) is 16.3. The molecule has 1 unspecified atom stereocenters. The summed E-state index contributed by atoms with van der Waals surface area (Å²) in [6, 6.07) is 8.82. The first kappa shape index (κ1) is 22.1. The Balaban J connectivity index is 2.26. The van der Waals surface area contributed by atoms with Crippen LogP contribution in [-0.2, 0) is 12.4 Å². The van der Waals surface area contributed by atoms with Gasteiger partial charge in [0.1, 0.15) is 25.2 Å². The molecule has 3 aromatic rings. The molecule has 0 aliphatic rings. The van der Waals surface area contributed by atoms with Crippen LogP contribution in [0.15, 0.2) is 48.7 Å². The van der Waals surface area contributed by atoms with Gasteiger partial charge in [0, 0.05) is 17.6 Å². The van der Waals surface area contributed by atoms with E-state index in [1.165, 1.54) is 12.3 Å². The number of rotatable bonds is 4. The number of fused-ring (bicyclic) bond motifs is 1. The maximum absolute atomic E-state index is 13.4. The predicted octanol–water partition coefficient (Wildman–Crippen LogP) is 6.66. The van der Waals surface area contributed by atoms with Crippen molar-refractivity contribution in [2.75, 3.05) is 0 Å². The lowest BCUT2D eigenvalue weighted by Crippen LogP contribution is -2.35. The smallest absolute Gasteiger partial charge is 0.433 e. The topological polar surface area (TPSA) is 35.0 Å². The van der Waals surface area contributed by atoms with E-state index < -0.39 is 42.9 Å². The Morgan fingerprint density at radius 2 is 1.60 bits per heavy atom. The van der Waals surface area contributed by atoms with Gasteiger partial charge in [-0.15, -0.1) is 0 Å². The summed E-state index contributed by atoms with van der Waals surface area (Å²) in [6.07, 6.45) is -8.28. The minimum absolute atomic E-state index is 0.142. The van der Waals surface area contributed by atoms with Gasteiger partial charge in [0.05, 0.1) is 16.8 Å². The van der Waals surface area contributed by atoms with Crippen LogP contribution in [-0.4, -0.2) is 18.0 Å². The molecule has 0 saturated carbocycles. The molecule has 0 aliphatic carbocycles. The zero-order valence-corrected chi connectivity index (χ0v) is 17.3. The van der Waals surface area contributed by atoms with E-state index in [9.17, 15) is 26.3 Å². The van der Waals surface area contributed by atoms with Crippen molar-refractivity contribution in [3.05, 3.63) is 65.6 Å². The van der Waals surface area contributed by atoms with Crippen molar-refractivity contribution in [1.82, 2.24) is 9.97 Å². The van der Waals surface area contributed by atoms with E-state index in [0.717, 1.165) is 6.07 Å². The molecule has 0 N–H and O–H groups in total. The first-order chi connectivity index (χ1) is 13.8. The maximum atomic E-state index is 13.4. The summed E-state index contributed by atoms with van der Waals surface area (Å²) in [5.41, 5.74) is -3.68. The van der Waals surface area contributed by atoms with Crippen molar-refractivity contribution in [3.63, 3.8) is 0 Å². The molecule has 30 heavy (non-hydrogen) atoms. The molecular formula is C20H18F6N2OSi. The number of aromatic nitrogens is 2. The minimum Gasteiger partial charge on any atom is -0.487 e. The number of alkyl halides is 6. The highest BCUT2D eigenvalue weighted by atomic mass is 28.3. The molecule has 2 heterocycles. The highest BCUT2D eigenvalue weighted by Gasteiger charge is 2.39. The molecule has 1 atom stereocenters. The maximum Gasteiger partial charge on any atom is 0.433 e. The molecule has 3 nitrogen and oxygen atoms in total. The number of ether oxygens (including phenoxy) is 1. The van der Waals surface area contributed by atoms with Gasteiger partial charge in [-0.1, -0.05) is 31.8 Å². The summed E-state index contributed by atoms with van der Waals surface area (Å²) in [4.78, 5) is 7.53. The fraction of sp³-hybridized carbons (Fsp3) is 0.300. The molecule has 2 aromatic heterocycles. The number of halogens is 6. The van der Waals surface area contributed by atoms with Crippen LogP contribution in [0.5, 0.6) is 5.75 Å². The molecular weight excluding hydrogens is 426 g/mol. The van der Waals surface area contributed by atoms with E-state index in [4.69, 9.17) is 4.74 Å². The normalized spacial score (nSPS) is 14.0. The van der Waals surface area contributed by atoms with Crippen molar-refractivity contribution < 1.29 is 31.1 Å². The van der Waals surface area contributed by atoms with E-state index >= 15 is 0 Å². The molecule has 0 radical (unpaired) electrons. The highest BCUT2D eigenvalue weighted by Crippen LogP contribution is 2.41. The largest absolute Gasteiger partial charge is 0.487 e. The molecule has 0 saturated heterocycles. The zero-order chi connectivity index (χ0) is 22.3. The van der Waals surface area contributed by atoms with Crippen LogP contribution in [0.4, 0.5) is 26.3 Å². The van der Waals surface area contributed by atoms with Gasteiger partial charge in [-0.2, -0.15) is 26.3 Å². The molecule has 10 heteroatoms. The standard InChI is InChI=1S/C20H18F6N2OSi/c1-30(2,3)18(14-9-4-5-10-27-14)29-15-11-16(20(24,25)26)28-17-12(15)7-6-8-13(17)19(21,22)23/h4-11,18H,1-3H3. The number of hydrogen-bond donors (Lipinski definition) is 0. The first-order valence-electron chi connectivity index (χ1n) is 8.94. The van der Waals surface area contributed by atoms with Crippen LogP contribution in [0.25, 0.3) is 10.9 Å². The minimum atomic E-state index is -4.94. The van der Waals surface area contributed by atoms with Gasteiger partial charge in [0.25, 0.3) is 0 Å². The molecule has 0 fully saturated rings. The fourth-order valence-corrected chi connectivity index (χ4v) is 4.57. The molecule has 3 rings (SSSR count). The number of benzene rings is 1. The van der Waals surface area contributed by atoms with Crippen LogP contribution >= 0.6 is 0 Å². The molecule has 160 valence electrons. The van der Waals surface area contributed by atoms with Crippen molar-refractivity contribution in [2.45, 2.75) is 37.7 Å².